The highest BCUT2D eigenvalue weighted by atomic mass is 19.1. The molecule has 1 aromatic heterocycles. The summed E-state index contributed by atoms with van der Waals surface area (Å²) in [5, 5.41) is 9.78. The van der Waals surface area contributed by atoms with E-state index in [1.807, 2.05) is 16.8 Å². The summed E-state index contributed by atoms with van der Waals surface area (Å²) in [6.07, 6.45) is 4.99. The van der Waals surface area contributed by atoms with Crippen LogP contribution < -0.4 is 5.73 Å². The first-order valence-corrected chi connectivity index (χ1v) is 7.76. The molecule has 1 saturated carbocycles. The van der Waals surface area contributed by atoms with Crippen LogP contribution in [0.2, 0.25) is 0 Å². The third-order valence-corrected chi connectivity index (χ3v) is 4.78. The zero-order valence-corrected chi connectivity index (χ0v) is 12.7. The number of nitrogens with two attached hydrogens (primary N) is 1. The SMILES string of the molecule is NC(=O)c1cc2c(ccn2C[C@H]2CC[C@H](C(=O)O)CC2)cc1F. The number of halogens is 1. The molecule has 1 heterocycles. The Balaban J connectivity index is 1.80. The predicted molar refractivity (Wildman–Crippen MR) is 83.5 cm³/mol. The highest BCUT2D eigenvalue weighted by Crippen LogP contribution is 2.31. The van der Waals surface area contributed by atoms with Crippen molar-refractivity contribution in [2.24, 2.45) is 17.6 Å². The van der Waals surface area contributed by atoms with Crippen LogP contribution in [0.5, 0.6) is 0 Å². The molecule has 3 N–H and O–H groups in total. The number of hydrogen-bond acceptors (Lipinski definition) is 2. The van der Waals surface area contributed by atoms with Gasteiger partial charge in [-0.25, -0.2) is 4.39 Å². The van der Waals surface area contributed by atoms with Gasteiger partial charge in [0.15, 0.2) is 0 Å². The van der Waals surface area contributed by atoms with Crippen LogP contribution in [0.3, 0.4) is 0 Å². The third kappa shape index (κ3) is 3.06. The van der Waals surface area contributed by atoms with E-state index in [4.69, 9.17) is 10.8 Å². The van der Waals surface area contributed by atoms with E-state index >= 15 is 0 Å². The Bertz CT molecular complexity index is 761. The highest BCUT2D eigenvalue weighted by molar-refractivity contribution is 5.97. The minimum absolute atomic E-state index is 0.105. The largest absolute Gasteiger partial charge is 0.481 e. The van der Waals surface area contributed by atoms with Crippen molar-refractivity contribution in [1.82, 2.24) is 4.57 Å². The number of carbonyl (C=O) groups excluding carboxylic acids is 1. The number of nitrogens with zero attached hydrogens (tertiary/aromatic N) is 1. The molecule has 3 rings (SSSR count). The summed E-state index contributed by atoms with van der Waals surface area (Å²) < 4.78 is 15.8. The molecule has 0 aliphatic heterocycles. The maximum Gasteiger partial charge on any atom is 0.306 e. The number of amides is 1. The number of carbonyl (C=O) groups is 2. The molecule has 1 aliphatic rings. The molecule has 0 saturated heterocycles. The van der Waals surface area contributed by atoms with Crippen molar-refractivity contribution in [2.75, 3.05) is 0 Å². The lowest BCUT2D eigenvalue weighted by Crippen LogP contribution is -2.23. The Morgan fingerprint density at radius 3 is 2.57 bits per heavy atom. The molecule has 23 heavy (non-hydrogen) atoms. The zero-order valence-electron chi connectivity index (χ0n) is 12.7. The van der Waals surface area contributed by atoms with Crippen LogP contribution >= 0.6 is 0 Å². The van der Waals surface area contributed by atoms with Gasteiger partial charge in [0.1, 0.15) is 5.82 Å². The lowest BCUT2D eigenvalue weighted by Gasteiger charge is -2.26. The standard InChI is InChI=1S/C17H19FN2O3/c18-14-7-12-5-6-20(15(12)8-13(14)16(19)21)9-10-1-3-11(4-2-10)17(22)23/h5-8,10-11H,1-4,9H2,(H2,19,21)(H,22,23)/t10-,11-. The molecule has 0 radical (unpaired) electrons. The highest BCUT2D eigenvalue weighted by Gasteiger charge is 2.26. The number of rotatable bonds is 4. The van der Waals surface area contributed by atoms with Crippen molar-refractivity contribution in [3.63, 3.8) is 0 Å². The summed E-state index contributed by atoms with van der Waals surface area (Å²) >= 11 is 0. The monoisotopic (exact) mass is 318 g/mol. The van der Waals surface area contributed by atoms with Gasteiger partial charge >= 0.3 is 5.97 Å². The molecule has 6 heteroatoms. The maximum atomic E-state index is 13.8. The van der Waals surface area contributed by atoms with Crippen LogP contribution in [-0.2, 0) is 11.3 Å². The van der Waals surface area contributed by atoms with Crippen molar-refractivity contribution < 1.29 is 19.1 Å². The van der Waals surface area contributed by atoms with Crippen LogP contribution in [0.1, 0.15) is 36.0 Å². The van der Waals surface area contributed by atoms with Gasteiger partial charge in [0.05, 0.1) is 11.5 Å². The molecule has 1 aliphatic carbocycles. The molecule has 1 fully saturated rings. The van der Waals surface area contributed by atoms with Crippen LogP contribution in [0.25, 0.3) is 10.9 Å². The molecule has 1 amide bonds. The first kappa shape index (κ1) is 15.5. The fraction of sp³-hybridized carbons (Fsp3) is 0.412. The quantitative estimate of drug-likeness (QED) is 0.909. The normalized spacial score (nSPS) is 21.4. The number of carboxylic acid groups (broad SMARTS) is 1. The molecular weight excluding hydrogens is 299 g/mol. The summed E-state index contributed by atoms with van der Waals surface area (Å²) in [5.74, 6) is -1.94. The minimum Gasteiger partial charge on any atom is -0.481 e. The first-order valence-electron chi connectivity index (χ1n) is 7.76. The molecule has 122 valence electrons. The molecule has 2 aromatic rings. The number of primary amides is 1. The Labute approximate surface area is 132 Å². The average Bonchev–Trinajstić information content (AvgIpc) is 2.88. The van der Waals surface area contributed by atoms with Gasteiger partial charge in [-0.2, -0.15) is 0 Å². The minimum atomic E-state index is -0.779. The van der Waals surface area contributed by atoms with E-state index in [2.05, 4.69) is 0 Å². The number of hydrogen-bond donors (Lipinski definition) is 2. The van der Waals surface area contributed by atoms with Crippen LogP contribution in [-0.4, -0.2) is 21.6 Å². The number of aromatic nitrogens is 1. The van der Waals surface area contributed by atoms with Gasteiger partial charge in [0.2, 0.25) is 0 Å². The van der Waals surface area contributed by atoms with Crippen LogP contribution in [0.4, 0.5) is 4.39 Å². The van der Waals surface area contributed by atoms with Crippen molar-refractivity contribution >= 4 is 22.8 Å². The van der Waals surface area contributed by atoms with Crippen LogP contribution in [0.15, 0.2) is 24.4 Å². The van der Waals surface area contributed by atoms with Gasteiger partial charge in [0.25, 0.3) is 5.91 Å². The Hall–Kier alpha value is -2.37. The van der Waals surface area contributed by atoms with Gasteiger partial charge in [-0.05, 0) is 49.8 Å². The van der Waals surface area contributed by atoms with Gasteiger partial charge < -0.3 is 15.4 Å². The van der Waals surface area contributed by atoms with Crippen molar-refractivity contribution in [3.8, 4) is 0 Å². The van der Waals surface area contributed by atoms with E-state index in [9.17, 15) is 14.0 Å². The second kappa shape index (κ2) is 6.02. The molecule has 0 spiro atoms. The van der Waals surface area contributed by atoms with E-state index in [-0.39, 0.29) is 11.5 Å². The molecule has 5 nitrogen and oxygen atoms in total. The van der Waals surface area contributed by atoms with Gasteiger partial charge in [-0.15, -0.1) is 0 Å². The van der Waals surface area contributed by atoms with Gasteiger partial charge in [0, 0.05) is 23.6 Å². The summed E-state index contributed by atoms with van der Waals surface area (Å²) in [6.45, 7) is 0.736. The Morgan fingerprint density at radius 1 is 1.26 bits per heavy atom. The van der Waals surface area contributed by atoms with E-state index in [0.29, 0.717) is 18.8 Å². The average molecular weight is 318 g/mol. The van der Waals surface area contributed by atoms with E-state index in [1.54, 1.807) is 0 Å². The van der Waals surface area contributed by atoms with E-state index < -0.39 is 17.7 Å². The summed E-state index contributed by atoms with van der Waals surface area (Å²) in [6, 6.07) is 4.63. The lowest BCUT2D eigenvalue weighted by molar-refractivity contribution is -0.143. The fourth-order valence-corrected chi connectivity index (χ4v) is 3.43. The Morgan fingerprint density at radius 2 is 1.96 bits per heavy atom. The van der Waals surface area contributed by atoms with Crippen LogP contribution in [0, 0.1) is 17.7 Å². The number of fused-ring (bicyclic) bond motifs is 1. The summed E-state index contributed by atoms with van der Waals surface area (Å²) in [4.78, 5) is 22.3. The lowest BCUT2D eigenvalue weighted by atomic mass is 9.82. The fourth-order valence-electron chi connectivity index (χ4n) is 3.43. The number of carboxylic acids is 1. The van der Waals surface area contributed by atoms with E-state index in [1.165, 1.54) is 12.1 Å². The predicted octanol–water partition coefficient (Wildman–Crippen LogP) is 2.77. The van der Waals surface area contributed by atoms with Gasteiger partial charge in [-0.1, -0.05) is 0 Å². The van der Waals surface area contributed by atoms with Crippen molar-refractivity contribution in [1.29, 1.82) is 0 Å². The topological polar surface area (TPSA) is 85.3 Å². The van der Waals surface area contributed by atoms with Gasteiger partial charge in [-0.3, -0.25) is 9.59 Å². The number of aliphatic carboxylic acids is 1. The molecule has 0 unspecified atom stereocenters. The van der Waals surface area contributed by atoms with E-state index in [0.717, 1.165) is 30.3 Å². The number of benzene rings is 1. The first-order chi connectivity index (χ1) is 11.0. The Kier molecular flexibility index (Phi) is 4.07. The zero-order chi connectivity index (χ0) is 16.6. The summed E-state index contributed by atoms with van der Waals surface area (Å²) in [5.41, 5.74) is 5.88. The second-order valence-corrected chi connectivity index (χ2v) is 6.28. The van der Waals surface area contributed by atoms with Crippen molar-refractivity contribution in [2.45, 2.75) is 32.2 Å². The third-order valence-electron chi connectivity index (χ3n) is 4.78. The molecule has 1 aromatic carbocycles. The molecule has 0 bridgehead atoms. The molecule has 0 atom stereocenters. The maximum absolute atomic E-state index is 13.8. The smallest absolute Gasteiger partial charge is 0.306 e. The second-order valence-electron chi connectivity index (χ2n) is 6.28. The summed E-state index contributed by atoms with van der Waals surface area (Å²) in [7, 11) is 0. The van der Waals surface area contributed by atoms with Crippen molar-refractivity contribution in [3.05, 3.63) is 35.8 Å². The molecular formula is C17H19FN2O3.